The summed E-state index contributed by atoms with van der Waals surface area (Å²) in [5.41, 5.74) is 6.51. The number of aromatic amines is 2. The number of ether oxygens (including phenoxy) is 2. The molecule has 2 aliphatic rings. The molecule has 2 saturated heterocycles. The van der Waals surface area contributed by atoms with Crippen LogP contribution >= 0.6 is 0 Å². The number of benzene rings is 4. The van der Waals surface area contributed by atoms with Gasteiger partial charge in [0, 0.05) is 18.7 Å². The molecule has 2 aliphatic heterocycles. The average Bonchev–Trinajstić information content (AvgIpc) is 4.14. The topological polar surface area (TPSA) is 175 Å². The lowest BCUT2D eigenvalue weighted by Gasteiger charge is -2.30. The number of rotatable bonds is 11. The van der Waals surface area contributed by atoms with E-state index in [1.165, 1.54) is 14.2 Å². The van der Waals surface area contributed by atoms with Gasteiger partial charge < -0.3 is 39.9 Å². The van der Waals surface area contributed by atoms with Gasteiger partial charge in [-0.15, -0.1) is 0 Å². The van der Waals surface area contributed by atoms with Gasteiger partial charge in [0.15, 0.2) is 0 Å². The molecule has 4 N–H and O–H groups in total. The van der Waals surface area contributed by atoms with Crippen LogP contribution in [-0.4, -0.2) is 87.1 Å². The molecule has 1 unspecified atom stereocenters. The van der Waals surface area contributed by atoms with Crippen LogP contribution in [-0.2, 0) is 19.1 Å². The number of H-pyrrole nitrogens is 2. The molecular formula is C48H52N8O6. The molecule has 6 aromatic rings. The zero-order chi connectivity index (χ0) is 43.5. The Hall–Kier alpha value is -6.96. The lowest BCUT2D eigenvalue weighted by Crippen LogP contribution is -2.51. The summed E-state index contributed by atoms with van der Waals surface area (Å²) in [6.45, 7) is 7.05. The smallest absolute Gasteiger partial charge is 0.407 e. The summed E-state index contributed by atoms with van der Waals surface area (Å²) < 4.78 is 9.63. The van der Waals surface area contributed by atoms with Gasteiger partial charge in [0.1, 0.15) is 23.7 Å². The molecule has 0 bridgehead atoms. The zero-order valence-electron chi connectivity index (χ0n) is 35.6. The van der Waals surface area contributed by atoms with Crippen molar-refractivity contribution in [1.82, 2.24) is 40.4 Å². The number of aromatic nitrogens is 4. The Bertz CT molecular complexity index is 2570. The van der Waals surface area contributed by atoms with Crippen LogP contribution in [0.4, 0.5) is 9.59 Å². The molecule has 5 atom stereocenters. The summed E-state index contributed by atoms with van der Waals surface area (Å²) >= 11 is 0. The van der Waals surface area contributed by atoms with Crippen LogP contribution in [0.1, 0.15) is 75.4 Å². The normalized spacial score (nSPS) is 18.5. The number of carbonyl (C=O) groups is 4. The lowest BCUT2D eigenvalue weighted by molar-refractivity contribution is -0.136. The molecule has 8 rings (SSSR count). The fourth-order valence-electron chi connectivity index (χ4n) is 8.76. The first-order chi connectivity index (χ1) is 30.0. The highest BCUT2D eigenvalue weighted by atomic mass is 16.5. The maximum Gasteiger partial charge on any atom is 0.407 e. The van der Waals surface area contributed by atoms with Gasteiger partial charge >= 0.3 is 12.2 Å². The predicted molar refractivity (Wildman–Crippen MR) is 235 cm³/mol. The largest absolute Gasteiger partial charge is 0.453 e. The number of hydrogen-bond acceptors (Lipinski definition) is 8. The summed E-state index contributed by atoms with van der Waals surface area (Å²) in [5.74, 6) is 1.21. The van der Waals surface area contributed by atoms with Crippen molar-refractivity contribution in [1.29, 1.82) is 0 Å². The number of amides is 4. The highest BCUT2D eigenvalue weighted by molar-refractivity contribution is 5.91. The van der Waals surface area contributed by atoms with Crippen molar-refractivity contribution in [3.05, 3.63) is 121 Å². The fraction of sp³-hybridized carbons (Fsp3) is 0.333. The number of likely N-dealkylation sites (tertiary alicyclic amines) is 2. The molecule has 0 saturated carbocycles. The van der Waals surface area contributed by atoms with Gasteiger partial charge in [0.2, 0.25) is 5.91 Å². The van der Waals surface area contributed by atoms with Gasteiger partial charge in [-0.2, -0.15) is 0 Å². The number of imidazole rings is 2. The molecule has 0 spiro atoms. The molecule has 4 amide bonds. The summed E-state index contributed by atoms with van der Waals surface area (Å²) in [5, 5.41) is 7.62. The minimum atomic E-state index is -0.892. The zero-order valence-corrected chi connectivity index (χ0v) is 35.6. The van der Waals surface area contributed by atoms with Crippen LogP contribution in [0.3, 0.4) is 0 Å². The summed E-state index contributed by atoms with van der Waals surface area (Å²) in [4.78, 5) is 72.0. The fourth-order valence-corrected chi connectivity index (χ4v) is 8.76. The Morgan fingerprint density at radius 1 is 0.694 bits per heavy atom. The first-order valence-electron chi connectivity index (χ1n) is 21.1. The van der Waals surface area contributed by atoms with Crippen LogP contribution in [0.5, 0.6) is 0 Å². The maximum absolute atomic E-state index is 14.1. The second kappa shape index (κ2) is 17.9. The molecule has 0 aliphatic carbocycles. The average molecular weight is 837 g/mol. The third-order valence-electron chi connectivity index (χ3n) is 12.1. The van der Waals surface area contributed by atoms with E-state index in [0.29, 0.717) is 24.5 Å². The number of hydrogen-bond donors (Lipinski definition) is 4. The van der Waals surface area contributed by atoms with Crippen molar-refractivity contribution in [2.24, 2.45) is 11.8 Å². The van der Waals surface area contributed by atoms with Gasteiger partial charge in [0.05, 0.1) is 50.1 Å². The van der Waals surface area contributed by atoms with Gasteiger partial charge in [-0.25, -0.2) is 19.6 Å². The van der Waals surface area contributed by atoms with E-state index in [9.17, 15) is 19.2 Å². The van der Waals surface area contributed by atoms with E-state index in [-0.39, 0.29) is 35.7 Å². The van der Waals surface area contributed by atoms with Gasteiger partial charge in [-0.3, -0.25) is 9.59 Å². The number of fused-ring (bicyclic) bond motifs is 1. The van der Waals surface area contributed by atoms with Crippen LogP contribution in [0.2, 0.25) is 0 Å². The van der Waals surface area contributed by atoms with Crippen LogP contribution in [0.25, 0.3) is 44.4 Å². The van der Waals surface area contributed by atoms with Crippen molar-refractivity contribution in [3.63, 3.8) is 0 Å². The molecular weight excluding hydrogens is 785 g/mol. The van der Waals surface area contributed by atoms with Gasteiger partial charge in [0.25, 0.3) is 5.91 Å². The molecule has 4 aromatic carbocycles. The van der Waals surface area contributed by atoms with Crippen LogP contribution < -0.4 is 10.6 Å². The van der Waals surface area contributed by atoms with E-state index in [1.807, 2.05) is 66.4 Å². The van der Waals surface area contributed by atoms with Crippen molar-refractivity contribution >= 4 is 34.8 Å². The van der Waals surface area contributed by atoms with E-state index >= 15 is 0 Å². The van der Waals surface area contributed by atoms with E-state index in [1.54, 1.807) is 0 Å². The van der Waals surface area contributed by atoms with E-state index in [4.69, 9.17) is 19.4 Å². The number of nitrogens with zero attached hydrogens (tertiary/aromatic N) is 4. The molecule has 2 aromatic heterocycles. The Balaban J connectivity index is 0.950. The molecule has 0 radical (unpaired) electrons. The van der Waals surface area contributed by atoms with Crippen molar-refractivity contribution in [2.75, 3.05) is 27.3 Å². The van der Waals surface area contributed by atoms with Gasteiger partial charge in [-0.05, 0) is 76.3 Å². The van der Waals surface area contributed by atoms with Crippen molar-refractivity contribution < 1.29 is 28.7 Å². The maximum atomic E-state index is 14.1. The Morgan fingerprint density at radius 2 is 1.27 bits per heavy atom. The minimum absolute atomic E-state index is 0.109. The summed E-state index contributed by atoms with van der Waals surface area (Å²) in [7, 11) is 2.58. The third-order valence-corrected chi connectivity index (χ3v) is 12.1. The van der Waals surface area contributed by atoms with Crippen LogP contribution in [0.15, 0.2) is 103 Å². The predicted octanol–water partition coefficient (Wildman–Crippen LogP) is 8.34. The lowest BCUT2D eigenvalue weighted by atomic mass is 9.98. The Kier molecular flexibility index (Phi) is 12.1. The molecule has 14 nitrogen and oxygen atoms in total. The SMILES string of the molecule is COC(=O)NC(C(=O)N1CCC[C@H]1c1ncc(-c2ccc3cc(-c4ccc(-c5cnc([C@@H]6C[C@H](C)CN6C(=O)[C@H](NC(=O)OC)c6ccccc6)[nH]5)cc4)ccc3c2)[nH]1)C(C)C. The number of alkyl carbamates (subject to hydrolysis) is 2. The summed E-state index contributed by atoms with van der Waals surface area (Å²) in [6, 6.07) is 28.2. The van der Waals surface area contributed by atoms with Crippen molar-refractivity contribution in [3.8, 4) is 33.6 Å². The number of methoxy groups -OCH3 is 2. The second-order valence-corrected chi connectivity index (χ2v) is 16.6. The molecule has 2 fully saturated rings. The molecule has 62 heavy (non-hydrogen) atoms. The standard InChI is InChI=1S/C48H52N8O6/c1-28(2)41(53-47(59)61-4)45(57)55-21-9-12-39(55)43-49-26-38(52-43)36-20-19-34-23-33(17-18-35(34)24-36)30-13-15-31(16-14-30)37-25-50-44(51-37)40-22-29(3)27-56(40)46(58)42(54-48(60)62-5)32-10-7-6-8-11-32/h6-8,10-11,13-20,23-26,28-29,39-42H,9,12,21-22,27H2,1-5H3,(H,49,52)(H,50,51)(H,53,59)(H,54,60)/t29-,39-,40-,41?,42+/m0/s1. The monoisotopic (exact) mass is 836 g/mol. The summed E-state index contributed by atoms with van der Waals surface area (Å²) in [6.07, 6.45) is 4.70. The third kappa shape index (κ3) is 8.63. The van der Waals surface area contributed by atoms with E-state index < -0.39 is 24.3 Å². The first kappa shape index (κ1) is 41.8. The highest BCUT2D eigenvalue weighted by Crippen LogP contribution is 2.38. The Labute approximate surface area is 360 Å². The second-order valence-electron chi connectivity index (χ2n) is 16.6. The van der Waals surface area contributed by atoms with Crippen LogP contribution in [0, 0.1) is 11.8 Å². The van der Waals surface area contributed by atoms with E-state index in [2.05, 4.69) is 88.2 Å². The number of nitrogens with one attached hydrogen (secondary N) is 4. The first-order valence-corrected chi connectivity index (χ1v) is 21.1. The molecule has 4 heterocycles. The van der Waals surface area contributed by atoms with Gasteiger partial charge in [-0.1, -0.05) is 99.6 Å². The highest BCUT2D eigenvalue weighted by Gasteiger charge is 2.40. The molecule has 14 heteroatoms. The quantitative estimate of drug-likeness (QED) is 0.101. The Morgan fingerprint density at radius 3 is 1.94 bits per heavy atom. The molecule has 320 valence electrons. The number of carbonyl (C=O) groups excluding carboxylic acids is 4. The van der Waals surface area contributed by atoms with Crippen molar-refractivity contribution in [2.45, 2.75) is 64.2 Å². The minimum Gasteiger partial charge on any atom is -0.453 e. The van der Waals surface area contributed by atoms with E-state index in [0.717, 1.165) is 69.5 Å².